The number of carboxylic acid groups (broad SMARTS) is 1. The van der Waals surface area contributed by atoms with Crippen LogP contribution in [0.4, 0.5) is 14.5 Å². The van der Waals surface area contributed by atoms with Crippen molar-refractivity contribution in [2.75, 3.05) is 25.0 Å². The summed E-state index contributed by atoms with van der Waals surface area (Å²) in [4.78, 5) is 23.4. The van der Waals surface area contributed by atoms with Gasteiger partial charge in [-0.2, -0.15) is 0 Å². The van der Waals surface area contributed by atoms with Gasteiger partial charge in [0.05, 0.1) is 6.20 Å². The van der Waals surface area contributed by atoms with E-state index in [1.807, 2.05) is 11.9 Å². The van der Waals surface area contributed by atoms with E-state index >= 15 is 4.39 Å². The third-order valence-electron chi connectivity index (χ3n) is 8.27. The van der Waals surface area contributed by atoms with Gasteiger partial charge in [-0.15, -0.1) is 0 Å². The maximum Gasteiger partial charge on any atom is 0.303 e. The molecule has 8 heteroatoms. The van der Waals surface area contributed by atoms with Crippen LogP contribution >= 0.6 is 0 Å². The average molecular weight is 493 g/mol. The number of pyridine rings is 1. The molecule has 3 aliphatic rings. The Kier molecular flexibility index (Phi) is 5.79. The summed E-state index contributed by atoms with van der Waals surface area (Å²) in [5.74, 6) is -1.23. The quantitative estimate of drug-likeness (QED) is 0.498. The van der Waals surface area contributed by atoms with Gasteiger partial charge in [0, 0.05) is 72.6 Å². The molecule has 6 nitrogen and oxygen atoms in total. The largest absolute Gasteiger partial charge is 0.481 e. The molecule has 1 aromatic carbocycles. The van der Waals surface area contributed by atoms with Crippen LogP contribution in [0.5, 0.6) is 0 Å². The van der Waals surface area contributed by atoms with E-state index in [4.69, 9.17) is 5.11 Å². The Bertz CT molecular complexity index is 1370. The Morgan fingerprint density at radius 1 is 1.22 bits per heavy atom. The molecule has 2 aromatic heterocycles. The summed E-state index contributed by atoms with van der Waals surface area (Å²) in [5.41, 5.74) is 5.58. The lowest BCUT2D eigenvalue weighted by Crippen LogP contribution is -2.40. The van der Waals surface area contributed by atoms with Crippen molar-refractivity contribution in [2.45, 2.75) is 51.1 Å². The number of rotatable bonds is 4. The molecule has 1 fully saturated rings. The van der Waals surface area contributed by atoms with Gasteiger partial charge in [-0.05, 0) is 61.8 Å². The van der Waals surface area contributed by atoms with Crippen molar-refractivity contribution in [1.82, 2.24) is 14.9 Å². The first-order chi connectivity index (χ1) is 17.4. The number of H-pyrrole nitrogens is 1. The van der Waals surface area contributed by atoms with Crippen LogP contribution in [0.1, 0.15) is 49.8 Å². The van der Waals surface area contributed by atoms with Gasteiger partial charge >= 0.3 is 5.97 Å². The predicted octanol–water partition coefficient (Wildman–Crippen LogP) is 5.58. The summed E-state index contributed by atoms with van der Waals surface area (Å²) in [6.07, 6.45) is 8.68. The topological polar surface area (TPSA) is 72.5 Å². The van der Waals surface area contributed by atoms with Gasteiger partial charge < -0.3 is 15.0 Å². The molecular formula is C28H30F2N4O2. The van der Waals surface area contributed by atoms with Crippen molar-refractivity contribution >= 4 is 28.3 Å². The second kappa shape index (κ2) is 9.00. The molecule has 0 spiro atoms. The molecule has 0 unspecified atom stereocenters. The summed E-state index contributed by atoms with van der Waals surface area (Å²) >= 11 is 0. The van der Waals surface area contributed by atoms with Crippen LogP contribution in [-0.2, 0) is 11.3 Å². The number of fused-ring (bicyclic) bond motifs is 2. The molecule has 0 radical (unpaired) electrons. The number of aromatic amines is 1. The van der Waals surface area contributed by atoms with Gasteiger partial charge in [0.2, 0.25) is 0 Å². The van der Waals surface area contributed by atoms with Crippen LogP contribution in [0.15, 0.2) is 30.5 Å². The third kappa shape index (κ3) is 3.97. The zero-order valence-electron chi connectivity index (χ0n) is 20.4. The number of benzene rings is 1. The van der Waals surface area contributed by atoms with Crippen molar-refractivity contribution in [3.05, 3.63) is 53.4 Å². The number of hydrogen-bond donors (Lipinski definition) is 2. The highest BCUT2D eigenvalue weighted by atomic mass is 19.1. The normalized spacial score (nSPS) is 22.3. The molecule has 36 heavy (non-hydrogen) atoms. The number of hydrogen-bond acceptors (Lipinski definition) is 4. The lowest BCUT2D eigenvalue weighted by Gasteiger charge is -2.38. The first-order valence-electron chi connectivity index (χ1n) is 12.7. The Morgan fingerprint density at radius 3 is 2.75 bits per heavy atom. The summed E-state index contributed by atoms with van der Waals surface area (Å²) in [6, 6.07) is 5.04. The summed E-state index contributed by atoms with van der Waals surface area (Å²) in [5, 5.41) is 9.82. The fraction of sp³-hybridized carbons (Fsp3) is 0.429. The molecule has 0 bridgehead atoms. The van der Waals surface area contributed by atoms with Crippen LogP contribution in [-0.4, -0.2) is 52.1 Å². The van der Waals surface area contributed by atoms with Gasteiger partial charge in [0.1, 0.15) is 17.3 Å². The zero-order valence-corrected chi connectivity index (χ0v) is 20.4. The predicted molar refractivity (Wildman–Crippen MR) is 136 cm³/mol. The van der Waals surface area contributed by atoms with Crippen molar-refractivity contribution < 1.29 is 18.7 Å². The van der Waals surface area contributed by atoms with Gasteiger partial charge in [0.15, 0.2) is 0 Å². The molecule has 4 heterocycles. The number of aromatic nitrogens is 2. The molecule has 6 rings (SSSR count). The van der Waals surface area contributed by atoms with Crippen LogP contribution in [0.2, 0.25) is 0 Å². The smallest absolute Gasteiger partial charge is 0.303 e. The minimum absolute atomic E-state index is 0.279. The number of carboxylic acids is 1. The second-order valence-electron chi connectivity index (χ2n) is 10.4. The molecule has 2 N–H and O–H groups in total. The van der Waals surface area contributed by atoms with Crippen LogP contribution in [0.3, 0.4) is 0 Å². The summed E-state index contributed by atoms with van der Waals surface area (Å²) < 4.78 is 29.4. The van der Waals surface area contributed by atoms with E-state index in [1.54, 1.807) is 6.07 Å². The standard InChI is InChI=1S/C28H30F2N4O2/c1-33-15-21-26-25(20-13-18(29)4-7-23(20)33)22(30)14-31-28(26)32-27(21)17-8-10-34(11-9-17)19-5-2-16(3-6-19)12-24(35)36/h4,7-8,13-14,16,19H,2-3,5-6,9-12,15H2,1H3,(H,31,32)(H,35,36)/t16-,19-. The van der Waals surface area contributed by atoms with Gasteiger partial charge in [-0.3, -0.25) is 9.69 Å². The first-order valence-corrected chi connectivity index (χ1v) is 12.7. The molecule has 3 aromatic rings. The fourth-order valence-electron chi connectivity index (χ4n) is 6.46. The zero-order chi connectivity index (χ0) is 25.0. The van der Waals surface area contributed by atoms with Crippen molar-refractivity contribution in [3.8, 4) is 11.1 Å². The number of nitrogens with zero attached hydrogens (tertiary/aromatic N) is 3. The first kappa shape index (κ1) is 23.2. The SMILES string of the molecule is CN1Cc2c(C3=CCN([C@H]4CC[C@H](CC(=O)O)CC4)CC3)[nH]c3ncc(F)c(c23)-c2cc(F)ccc21. The fourth-order valence-corrected chi connectivity index (χ4v) is 6.46. The molecule has 1 saturated carbocycles. The minimum atomic E-state index is -0.696. The number of halogens is 2. The van der Waals surface area contributed by atoms with E-state index in [2.05, 4.69) is 20.9 Å². The van der Waals surface area contributed by atoms with Crippen LogP contribution in [0, 0.1) is 17.6 Å². The molecule has 0 saturated heterocycles. The minimum Gasteiger partial charge on any atom is -0.481 e. The molecule has 188 valence electrons. The Hall–Kier alpha value is -3.26. The lowest BCUT2D eigenvalue weighted by molar-refractivity contribution is -0.138. The molecule has 2 aliphatic heterocycles. The number of aliphatic carboxylic acids is 1. The van der Waals surface area contributed by atoms with Crippen LogP contribution < -0.4 is 4.90 Å². The third-order valence-corrected chi connectivity index (χ3v) is 8.27. The highest BCUT2D eigenvalue weighted by molar-refractivity contribution is 6.03. The van der Waals surface area contributed by atoms with Crippen LogP contribution in [0.25, 0.3) is 27.7 Å². The Morgan fingerprint density at radius 2 is 2.03 bits per heavy atom. The van der Waals surface area contributed by atoms with Gasteiger partial charge in [-0.25, -0.2) is 13.8 Å². The van der Waals surface area contributed by atoms with Gasteiger partial charge in [0.25, 0.3) is 0 Å². The molecule has 0 amide bonds. The molecule has 1 aliphatic carbocycles. The van der Waals surface area contributed by atoms with Crippen molar-refractivity contribution in [2.24, 2.45) is 5.92 Å². The maximum atomic E-state index is 15.2. The average Bonchev–Trinajstić information content (AvgIpc) is 3.16. The van der Waals surface area contributed by atoms with E-state index < -0.39 is 17.6 Å². The second-order valence-corrected chi connectivity index (χ2v) is 10.4. The van der Waals surface area contributed by atoms with E-state index in [0.717, 1.165) is 67.5 Å². The van der Waals surface area contributed by atoms with E-state index in [0.29, 0.717) is 35.3 Å². The number of nitrogens with one attached hydrogen (secondary N) is 1. The van der Waals surface area contributed by atoms with Crippen molar-refractivity contribution in [1.29, 1.82) is 0 Å². The van der Waals surface area contributed by atoms with E-state index in [-0.39, 0.29) is 6.42 Å². The maximum absolute atomic E-state index is 15.2. The van der Waals surface area contributed by atoms with Gasteiger partial charge in [-0.1, -0.05) is 6.08 Å². The molecule has 0 atom stereocenters. The highest BCUT2D eigenvalue weighted by Crippen LogP contribution is 2.44. The number of carbonyl (C=O) groups is 1. The Balaban J connectivity index is 1.30. The van der Waals surface area contributed by atoms with E-state index in [1.165, 1.54) is 23.9 Å². The number of anilines is 1. The summed E-state index contributed by atoms with van der Waals surface area (Å²) in [7, 11) is 1.95. The monoisotopic (exact) mass is 492 g/mol. The lowest BCUT2D eigenvalue weighted by atomic mass is 9.83. The highest BCUT2D eigenvalue weighted by Gasteiger charge is 2.31. The molecular weight excluding hydrogens is 462 g/mol. The van der Waals surface area contributed by atoms with E-state index in [9.17, 15) is 9.18 Å². The summed E-state index contributed by atoms with van der Waals surface area (Å²) in [6.45, 7) is 2.35. The Labute approximate surface area is 208 Å². The van der Waals surface area contributed by atoms with Crippen molar-refractivity contribution in [3.63, 3.8) is 0 Å².